The quantitative estimate of drug-likeness (QED) is 0.765. The number of benzene rings is 1. The molecule has 0 aliphatic heterocycles. The first-order chi connectivity index (χ1) is 10.8. The fourth-order valence-electron chi connectivity index (χ4n) is 1.52. The van der Waals surface area contributed by atoms with Gasteiger partial charge in [-0.15, -0.1) is 5.10 Å². The number of ether oxygens (including phenoxy) is 1. The molecule has 124 valence electrons. The number of nitrogens with zero attached hydrogens (tertiary/aromatic N) is 2. The summed E-state index contributed by atoms with van der Waals surface area (Å²) < 4.78 is 19.7. The van der Waals surface area contributed by atoms with Crippen LogP contribution in [0.15, 0.2) is 22.5 Å². The molecular formula is C14H15ClFN3O2S2. The molecule has 0 saturated heterocycles. The van der Waals surface area contributed by atoms with Crippen molar-refractivity contribution in [1.82, 2.24) is 10.2 Å². The van der Waals surface area contributed by atoms with Crippen LogP contribution in [0.1, 0.15) is 20.8 Å². The van der Waals surface area contributed by atoms with E-state index in [2.05, 4.69) is 15.5 Å². The second-order valence-electron chi connectivity index (χ2n) is 4.87. The van der Waals surface area contributed by atoms with E-state index in [9.17, 15) is 9.18 Å². The predicted molar refractivity (Wildman–Crippen MR) is 91.0 cm³/mol. The van der Waals surface area contributed by atoms with Crippen LogP contribution >= 0.6 is 34.7 Å². The topological polar surface area (TPSA) is 64.1 Å². The van der Waals surface area contributed by atoms with Crippen LogP contribution in [0.4, 0.5) is 10.1 Å². The van der Waals surface area contributed by atoms with Crippen LogP contribution in [-0.4, -0.2) is 27.5 Å². The van der Waals surface area contributed by atoms with E-state index in [1.165, 1.54) is 35.2 Å². The van der Waals surface area contributed by atoms with E-state index in [1.54, 1.807) is 6.92 Å². The number of thioether (sulfide) groups is 1. The monoisotopic (exact) mass is 375 g/mol. The van der Waals surface area contributed by atoms with Crippen LogP contribution in [0, 0.1) is 5.82 Å². The molecule has 5 nitrogen and oxygen atoms in total. The number of nitrogens with one attached hydrogen (secondary N) is 1. The standard InChI is InChI=1S/C14H15ClFN3O2S2/c1-7(2)21-13-18-19-14(23-13)22-8(3)12(20)17-11-5-4-9(15)6-10(11)16/h4-8H,1-3H3,(H,17,20). The maximum absolute atomic E-state index is 13.7. The van der Waals surface area contributed by atoms with Gasteiger partial charge in [-0.1, -0.05) is 28.5 Å². The van der Waals surface area contributed by atoms with Gasteiger partial charge in [-0.3, -0.25) is 4.79 Å². The number of halogens is 2. The highest BCUT2D eigenvalue weighted by atomic mass is 35.5. The summed E-state index contributed by atoms with van der Waals surface area (Å²) in [5, 5.41) is 10.6. The van der Waals surface area contributed by atoms with Crippen molar-refractivity contribution < 1.29 is 13.9 Å². The van der Waals surface area contributed by atoms with E-state index >= 15 is 0 Å². The zero-order valence-electron chi connectivity index (χ0n) is 12.7. The zero-order chi connectivity index (χ0) is 17.0. The summed E-state index contributed by atoms with van der Waals surface area (Å²) >= 11 is 8.18. The second kappa shape index (κ2) is 7.94. The molecule has 0 aliphatic carbocycles. The van der Waals surface area contributed by atoms with E-state index in [0.29, 0.717) is 9.53 Å². The molecule has 2 rings (SSSR count). The van der Waals surface area contributed by atoms with Gasteiger partial charge in [0.1, 0.15) is 5.82 Å². The number of hydrogen-bond donors (Lipinski definition) is 1. The number of carbonyl (C=O) groups is 1. The lowest BCUT2D eigenvalue weighted by Gasteiger charge is -2.11. The molecule has 9 heteroatoms. The molecule has 23 heavy (non-hydrogen) atoms. The fraction of sp³-hybridized carbons (Fsp3) is 0.357. The van der Waals surface area contributed by atoms with Crippen molar-refractivity contribution >= 4 is 46.3 Å². The normalized spacial score (nSPS) is 12.3. The highest BCUT2D eigenvalue weighted by Gasteiger charge is 2.19. The molecule has 1 unspecified atom stereocenters. The van der Waals surface area contributed by atoms with Crippen molar-refractivity contribution in [2.45, 2.75) is 36.5 Å². The van der Waals surface area contributed by atoms with Gasteiger partial charge in [0.15, 0.2) is 4.34 Å². The molecule has 0 aliphatic rings. The SMILES string of the molecule is CC(C)Oc1nnc(SC(C)C(=O)Nc2ccc(Cl)cc2F)s1. The Balaban J connectivity index is 1.95. The summed E-state index contributed by atoms with van der Waals surface area (Å²) in [6, 6.07) is 4.08. The van der Waals surface area contributed by atoms with E-state index in [0.717, 1.165) is 6.07 Å². The number of hydrogen-bond acceptors (Lipinski definition) is 6. The van der Waals surface area contributed by atoms with Gasteiger partial charge in [0.05, 0.1) is 17.0 Å². The van der Waals surface area contributed by atoms with Gasteiger partial charge in [0.2, 0.25) is 5.91 Å². The highest BCUT2D eigenvalue weighted by molar-refractivity contribution is 8.02. The first-order valence-corrected chi connectivity index (χ1v) is 8.85. The van der Waals surface area contributed by atoms with E-state index in [4.69, 9.17) is 16.3 Å². The minimum absolute atomic E-state index is 0.00871. The molecule has 1 aromatic heterocycles. The number of aromatic nitrogens is 2. The molecular weight excluding hydrogens is 361 g/mol. The van der Waals surface area contributed by atoms with E-state index < -0.39 is 11.1 Å². The third-order valence-electron chi connectivity index (χ3n) is 2.56. The maximum Gasteiger partial charge on any atom is 0.295 e. The van der Waals surface area contributed by atoms with Crippen LogP contribution in [0.25, 0.3) is 0 Å². The van der Waals surface area contributed by atoms with Gasteiger partial charge >= 0.3 is 0 Å². The van der Waals surface area contributed by atoms with Gasteiger partial charge in [0.25, 0.3) is 5.19 Å². The lowest BCUT2D eigenvalue weighted by molar-refractivity contribution is -0.115. The van der Waals surface area contributed by atoms with Crippen LogP contribution in [0.3, 0.4) is 0 Å². The number of rotatable bonds is 6. The second-order valence-corrected chi connectivity index (χ2v) is 7.84. The van der Waals surface area contributed by atoms with Crippen molar-refractivity contribution in [2.75, 3.05) is 5.32 Å². The fourth-order valence-corrected chi connectivity index (χ4v) is 3.63. The van der Waals surface area contributed by atoms with Gasteiger partial charge in [-0.2, -0.15) is 0 Å². The summed E-state index contributed by atoms with van der Waals surface area (Å²) in [6.07, 6.45) is 0.00871. The average Bonchev–Trinajstić information content (AvgIpc) is 2.88. The molecule has 0 spiro atoms. The Morgan fingerprint density at radius 1 is 1.39 bits per heavy atom. The van der Waals surface area contributed by atoms with Crippen LogP contribution in [0.2, 0.25) is 5.02 Å². The number of carbonyl (C=O) groups excluding carboxylic acids is 1. The van der Waals surface area contributed by atoms with Crippen LogP contribution < -0.4 is 10.1 Å². The molecule has 0 radical (unpaired) electrons. The Hall–Kier alpha value is -1.38. The van der Waals surface area contributed by atoms with E-state index in [-0.39, 0.29) is 22.7 Å². The molecule has 0 saturated carbocycles. The molecule has 2 aromatic rings. The molecule has 1 atom stereocenters. The molecule has 1 amide bonds. The number of anilines is 1. The van der Waals surface area contributed by atoms with Crippen molar-refractivity contribution in [1.29, 1.82) is 0 Å². The molecule has 0 bridgehead atoms. The minimum Gasteiger partial charge on any atom is -0.466 e. The third-order valence-corrected chi connectivity index (χ3v) is 4.79. The lowest BCUT2D eigenvalue weighted by atomic mass is 10.3. The van der Waals surface area contributed by atoms with Gasteiger partial charge in [0, 0.05) is 5.02 Å². The Morgan fingerprint density at radius 3 is 2.78 bits per heavy atom. The smallest absolute Gasteiger partial charge is 0.295 e. The maximum atomic E-state index is 13.7. The van der Waals surface area contributed by atoms with Crippen molar-refractivity contribution in [3.63, 3.8) is 0 Å². The minimum atomic E-state index is -0.577. The zero-order valence-corrected chi connectivity index (χ0v) is 15.1. The summed E-state index contributed by atoms with van der Waals surface area (Å²) in [7, 11) is 0. The summed E-state index contributed by atoms with van der Waals surface area (Å²) in [5.74, 6) is -0.913. The lowest BCUT2D eigenvalue weighted by Crippen LogP contribution is -2.22. The Bertz CT molecular complexity index is 696. The molecule has 1 aromatic carbocycles. The van der Waals surface area contributed by atoms with E-state index in [1.807, 2.05) is 13.8 Å². The first-order valence-electron chi connectivity index (χ1n) is 6.78. The summed E-state index contributed by atoms with van der Waals surface area (Å²) in [5.41, 5.74) is 0.0907. The van der Waals surface area contributed by atoms with Crippen LogP contribution in [-0.2, 0) is 4.79 Å². The van der Waals surface area contributed by atoms with Gasteiger partial charge in [-0.05, 0) is 50.3 Å². The molecule has 0 fully saturated rings. The Kier molecular flexibility index (Phi) is 6.20. The summed E-state index contributed by atoms with van der Waals surface area (Å²) in [6.45, 7) is 5.49. The predicted octanol–water partition coefficient (Wildman–Crippen LogP) is 4.24. The first kappa shape index (κ1) is 18.0. The average molecular weight is 376 g/mol. The van der Waals surface area contributed by atoms with Crippen molar-refractivity contribution in [3.8, 4) is 5.19 Å². The van der Waals surface area contributed by atoms with Crippen LogP contribution in [0.5, 0.6) is 5.19 Å². The van der Waals surface area contributed by atoms with Gasteiger partial charge in [-0.25, -0.2) is 4.39 Å². The van der Waals surface area contributed by atoms with Gasteiger partial charge < -0.3 is 10.1 Å². The van der Waals surface area contributed by atoms with Crippen molar-refractivity contribution in [3.05, 3.63) is 29.0 Å². The number of amides is 1. The molecule has 1 heterocycles. The third kappa shape index (κ3) is 5.33. The largest absolute Gasteiger partial charge is 0.466 e. The molecule has 1 N–H and O–H groups in total. The van der Waals surface area contributed by atoms with Crippen molar-refractivity contribution in [2.24, 2.45) is 0 Å². The highest BCUT2D eigenvalue weighted by Crippen LogP contribution is 2.31. The Morgan fingerprint density at radius 2 is 2.13 bits per heavy atom. The summed E-state index contributed by atoms with van der Waals surface area (Å²) in [4.78, 5) is 12.1. The Labute approximate surface area is 146 Å².